The highest BCUT2D eigenvalue weighted by molar-refractivity contribution is 7.89. The molecule has 168 valence electrons. The molecule has 2 aromatic rings. The number of hydrogen-bond acceptors (Lipinski definition) is 6. The smallest absolute Gasteiger partial charge is 0.271 e. The number of carbonyl (C=O) groups excluding carboxylic acids is 1. The average Bonchev–Trinajstić information content (AvgIpc) is 2.75. The predicted molar refractivity (Wildman–Crippen MR) is 116 cm³/mol. The van der Waals surface area contributed by atoms with Crippen molar-refractivity contribution in [3.63, 3.8) is 0 Å². The summed E-state index contributed by atoms with van der Waals surface area (Å²) in [5, 5.41) is 2.68. The van der Waals surface area contributed by atoms with Gasteiger partial charge in [0.2, 0.25) is 15.9 Å². The van der Waals surface area contributed by atoms with Crippen LogP contribution in [0.5, 0.6) is 11.5 Å². The fourth-order valence-electron chi connectivity index (χ4n) is 3.47. The van der Waals surface area contributed by atoms with Gasteiger partial charge in [0.05, 0.1) is 14.2 Å². The van der Waals surface area contributed by atoms with Crippen molar-refractivity contribution in [3.05, 3.63) is 46.9 Å². The molecule has 1 saturated heterocycles. The van der Waals surface area contributed by atoms with E-state index in [1.807, 2.05) is 0 Å². The van der Waals surface area contributed by atoms with Gasteiger partial charge in [0.15, 0.2) is 11.5 Å². The first kappa shape index (κ1) is 22.8. The Kier molecular flexibility index (Phi) is 7.01. The predicted octanol–water partition coefficient (Wildman–Crippen LogP) is 1.92. The van der Waals surface area contributed by atoms with Crippen molar-refractivity contribution in [2.24, 2.45) is 5.92 Å². The molecule has 1 N–H and O–H groups in total. The Morgan fingerprint density at radius 3 is 2.45 bits per heavy atom. The largest absolute Gasteiger partial charge is 0.493 e. The van der Waals surface area contributed by atoms with Crippen molar-refractivity contribution < 1.29 is 22.7 Å². The third-order valence-electron chi connectivity index (χ3n) is 5.33. The molecule has 1 aliphatic heterocycles. The molecule has 2 heterocycles. The molecule has 0 radical (unpaired) electrons. The van der Waals surface area contributed by atoms with Crippen LogP contribution in [0, 0.1) is 5.92 Å². The second kappa shape index (κ2) is 9.52. The molecule has 0 spiro atoms. The molecule has 1 fully saturated rings. The van der Waals surface area contributed by atoms with E-state index >= 15 is 0 Å². The first-order chi connectivity index (χ1) is 14.8. The van der Waals surface area contributed by atoms with Crippen LogP contribution >= 0.6 is 0 Å². The maximum atomic E-state index is 13.0. The van der Waals surface area contributed by atoms with E-state index < -0.39 is 21.5 Å². The first-order valence-corrected chi connectivity index (χ1v) is 11.4. The minimum Gasteiger partial charge on any atom is -0.493 e. The number of rotatable bonds is 7. The van der Waals surface area contributed by atoms with Crippen LogP contribution in [-0.4, -0.2) is 50.5 Å². The molecule has 0 aliphatic carbocycles. The van der Waals surface area contributed by atoms with Crippen molar-refractivity contribution in [1.82, 2.24) is 8.87 Å². The standard InChI is InChI=1S/C21H27N3O6S/c1-15-8-11-24(12-9-15)31(27,28)19-5-4-10-23(21(19)26)14-20(25)22-16-6-7-17(29-2)18(13-16)30-3/h4-7,10,13,15H,8-9,11-12,14H2,1-3H3,(H,22,25). The molecule has 1 aliphatic rings. The highest BCUT2D eigenvalue weighted by Gasteiger charge is 2.30. The molecular weight excluding hydrogens is 422 g/mol. The van der Waals surface area contributed by atoms with Crippen LogP contribution in [0.2, 0.25) is 0 Å². The fourth-order valence-corrected chi connectivity index (χ4v) is 5.03. The summed E-state index contributed by atoms with van der Waals surface area (Å²) in [6.07, 6.45) is 2.91. The first-order valence-electron chi connectivity index (χ1n) is 9.97. The lowest BCUT2D eigenvalue weighted by Crippen LogP contribution is -2.41. The zero-order chi connectivity index (χ0) is 22.6. The number of carbonyl (C=O) groups is 1. The van der Waals surface area contributed by atoms with E-state index in [0.29, 0.717) is 36.2 Å². The van der Waals surface area contributed by atoms with Gasteiger partial charge in [-0.15, -0.1) is 0 Å². The normalized spacial score (nSPS) is 15.5. The Morgan fingerprint density at radius 2 is 1.81 bits per heavy atom. The second-order valence-corrected chi connectivity index (χ2v) is 9.42. The van der Waals surface area contributed by atoms with E-state index in [9.17, 15) is 18.0 Å². The van der Waals surface area contributed by atoms with Crippen molar-refractivity contribution in [3.8, 4) is 11.5 Å². The van der Waals surface area contributed by atoms with Crippen LogP contribution in [-0.2, 0) is 21.4 Å². The van der Waals surface area contributed by atoms with E-state index in [1.54, 1.807) is 18.2 Å². The van der Waals surface area contributed by atoms with Crippen LogP contribution in [0.15, 0.2) is 46.2 Å². The third-order valence-corrected chi connectivity index (χ3v) is 7.24. The van der Waals surface area contributed by atoms with Gasteiger partial charge in [0.25, 0.3) is 5.56 Å². The Bertz CT molecular complexity index is 1100. The number of sulfonamides is 1. The summed E-state index contributed by atoms with van der Waals surface area (Å²) < 4.78 is 38.7. The van der Waals surface area contributed by atoms with Gasteiger partial charge in [-0.25, -0.2) is 8.42 Å². The SMILES string of the molecule is COc1ccc(NC(=O)Cn2cccc(S(=O)(=O)N3CCC(C)CC3)c2=O)cc1OC. The van der Waals surface area contributed by atoms with Gasteiger partial charge >= 0.3 is 0 Å². The Morgan fingerprint density at radius 1 is 1.13 bits per heavy atom. The number of piperidine rings is 1. The molecule has 9 nitrogen and oxygen atoms in total. The second-order valence-electron chi connectivity index (χ2n) is 7.51. The molecule has 0 atom stereocenters. The summed E-state index contributed by atoms with van der Waals surface area (Å²) in [7, 11) is -0.920. The van der Waals surface area contributed by atoms with E-state index in [-0.39, 0.29) is 11.4 Å². The minimum absolute atomic E-state index is 0.316. The number of aromatic nitrogens is 1. The van der Waals surface area contributed by atoms with Gasteiger partial charge in [0.1, 0.15) is 11.4 Å². The lowest BCUT2D eigenvalue weighted by Gasteiger charge is -2.29. The van der Waals surface area contributed by atoms with Gasteiger partial charge < -0.3 is 19.4 Å². The minimum atomic E-state index is -3.91. The average molecular weight is 450 g/mol. The highest BCUT2D eigenvalue weighted by Crippen LogP contribution is 2.29. The number of hydrogen-bond donors (Lipinski definition) is 1. The summed E-state index contributed by atoms with van der Waals surface area (Å²) in [6.45, 7) is 2.53. The van der Waals surface area contributed by atoms with Crippen molar-refractivity contribution in [2.75, 3.05) is 32.6 Å². The maximum Gasteiger partial charge on any atom is 0.271 e. The zero-order valence-corrected chi connectivity index (χ0v) is 18.6. The van der Waals surface area contributed by atoms with Crippen molar-refractivity contribution >= 4 is 21.6 Å². The Labute approximate surface area is 181 Å². The van der Waals surface area contributed by atoms with Crippen LogP contribution in [0.1, 0.15) is 19.8 Å². The van der Waals surface area contributed by atoms with E-state index in [0.717, 1.165) is 17.4 Å². The van der Waals surface area contributed by atoms with E-state index in [4.69, 9.17) is 9.47 Å². The lowest BCUT2D eigenvalue weighted by atomic mass is 10.0. The van der Waals surface area contributed by atoms with Gasteiger partial charge in [-0.3, -0.25) is 9.59 Å². The summed E-state index contributed by atoms with van der Waals surface area (Å²) in [5.41, 5.74) is -0.259. The van der Waals surface area contributed by atoms with Gasteiger partial charge in [-0.1, -0.05) is 6.92 Å². The number of nitrogens with zero attached hydrogens (tertiary/aromatic N) is 2. The maximum absolute atomic E-state index is 13.0. The number of ether oxygens (including phenoxy) is 2. The summed E-state index contributed by atoms with van der Waals surface area (Å²) >= 11 is 0. The molecular formula is C21H27N3O6S. The van der Waals surface area contributed by atoms with Crippen molar-refractivity contribution in [2.45, 2.75) is 31.2 Å². The molecule has 1 amide bonds. The summed E-state index contributed by atoms with van der Waals surface area (Å²) in [6, 6.07) is 7.63. The van der Waals surface area contributed by atoms with Gasteiger partial charge in [0, 0.05) is 31.0 Å². The molecule has 10 heteroatoms. The zero-order valence-electron chi connectivity index (χ0n) is 17.8. The Hall–Kier alpha value is -2.85. The van der Waals surface area contributed by atoms with E-state index in [1.165, 1.54) is 36.9 Å². The fraction of sp³-hybridized carbons (Fsp3) is 0.429. The Balaban J connectivity index is 1.77. The molecule has 1 aromatic carbocycles. The summed E-state index contributed by atoms with van der Waals surface area (Å²) in [4.78, 5) is 25.0. The highest BCUT2D eigenvalue weighted by atomic mass is 32.2. The van der Waals surface area contributed by atoms with Crippen LogP contribution in [0.4, 0.5) is 5.69 Å². The molecule has 0 saturated carbocycles. The number of nitrogens with one attached hydrogen (secondary N) is 1. The van der Waals surface area contributed by atoms with Gasteiger partial charge in [-0.2, -0.15) is 4.31 Å². The molecule has 1 aromatic heterocycles. The number of amides is 1. The van der Waals surface area contributed by atoms with Crippen molar-refractivity contribution in [1.29, 1.82) is 0 Å². The number of anilines is 1. The molecule has 31 heavy (non-hydrogen) atoms. The lowest BCUT2D eigenvalue weighted by molar-refractivity contribution is -0.116. The van der Waals surface area contributed by atoms with Gasteiger partial charge in [-0.05, 0) is 43.0 Å². The summed E-state index contributed by atoms with van der Waals surface area (Å²) in [5.74, 6) is 0.943. The quantitative estimate of drug-likeness (QED) is 0.692. The molecule has 0 unspecified atom stereocenters. The van der Waals surface area contributed by atoms with E-state index in [2.05, 4.69) is 12.2 Å². The molecule has 0 bridgehead atoms. The number of pyridine rings is 1. The number of benzene rings is 1. The number of methoxy groups -OCH3 is 2. The topological polar surface area (TPSA) is 107 Å². The van der Waals surface area contributed by atoms with Crippen LogP contribution < -0.4 is 20.3 Å². The third kappa shape index (κ3) is 5.08. The monoisotopic (exact) mass is 449 g/mol. The molecule has 3 rings (SSSR count). The van der Waals surface area contributed by atoms with Crippen LogP contribution in [0.25, 0.3) is 0 Å². The van der Waals surface area contributed by atoms with Crippen LogP contribution in [0.3, 0.4) is 0 Å².